The van der Waals surface area contributed by atoms with Gasteiger partial charge in [-0.3, -0.25) is 14.5 Å². The van der Waals surface area contributed by atoms with E-state index in [0.717, 1.165) is 10.4 Å². The fraction of sp³-hybridized carbons (Fsp3) is 0.182. The second-order valence-corrected chi connectivity index (χ2v) is 8.84. The SMILES string of the molecule is Cc1c(F)cccc1N1C(=O)CSC1c1cccc(NC(=O)Cc2cccs2)c1. The van der Waals surface area contributed by atoms with Crippen molar-refractivity contribution in [1.82, 2.24) is 0 Å². The summed E-state index contributed by atoms with van der Waals surface area (Å²) in [6, 6.07) is 16.1. The van der Waals surface area contributed by atoms with Crippen LogP contribution in [0, 0.1) is 12.7 Å². The van der Waals surface area contributed by atoms with Crippen LogP contribution in [0.3, 0.4) is 0 Å². The van der Waals surface area contributed by atoms with E-state index in [4.69, 9.17) is 0 Å². The predicted molar refractivity (Wildman–Crippen MR) is 117 cm³/mol. The van der Waals surface area contributed by atoms with Gasteiger partial charge in [0.05, 0.1) is 17.9 Å². The highest BCUT2D eigenvalue weighted by Crippen LogP contribution is 2.43. The van der Waals surface area contributed by atoms with Crippen LogP contribution in [0.1, 0.15) is 21.4 Å². The van der Waals surface area contributed by atoms with E-state index < -0.39 is 0 Å². The minimum atomic E-state index is -0.333. The molecule has 7 heteroatoms. The quantitative estimate of drug-likeness (QED) is 0.613. The molecule has 0 radical (unpaired) electrons. The maximum Gasteiger partial charge on any atom is 0.238 e. The molecule has 1 aliphatic heterocycles. The molecule has 4 rings (SSSR count). The first-order valence-corrected chi connectivity index (χ1v) is 11.1. The zero-order valence-corrected chi connectivity index (χ0v) is 17.4. The van der Waals surface area contributed by atoms with Gasteiger partial charge in [-0.05, 0) is 48.2 Å². The molecular formula is C22H19FN2O2S2. The van der Waals surface area contributed by atoms with Gasteiger partial charge in [0, 0.05) is 16.1 Å². The molecule has 1 aliphatic rings. The summed E-state index contributed by atoms with van der Waals surface area (Å²) >= 11 is 3.04. The van der Waals surface area contributed by atoms with Crippen LogP contribution in [0.5, 0.6) is 0 Å². The number of benzene rings is 2. The number of thiophene rings is 1. The molecule has 2 amide bonds. The van der Waals surface area contributed by atoms with Crippen LogP contribution in [0.2, 0.25) is 0 Å². The first kappa shape index (κ1) is 19.7. The summed E-state index contributed by atoms with van der Waals surface area (Å²) in [5, 5.41) is 4.60. The zero-order valence-electron chi connectivity index (χ0n) is 15.7. The van der Waals surface area contributed by atoms with E-state index in [0.29, 0.717) is 29.1 Å². The molecule has 0 saturated carbocycles. The van der Waals surface area contributed by atoms with E-state index in [1.54, 1.807) is 35.3 Å². The van der Waals surface area contributed by atoms with Crippen molar-refractivity contribution in [2.24, 2.45) is 0 Å². The molecule has 1 fully saturated rings. The van der Waals surface area contributed by atoms with Crippen LogP contribution in [0.25, 0.3) is 0 Å². The average Bonchev–Trinajstić information content (AvgIpc) is 3.34. The number of thioether (sulfide) groups is 1. The van der Waals surface area contributed by atoms with Gasteiger partial charge < -0.3 is 5.32 Å². The number of nitrogens with zero attached hydrogens (tertiary/aromatic N) is 1. The topological polar surface area (TPSA) is 49.4 Å². The van der Waals surface area contributed by atoms with Gasteiger partial charge in [-0.25, -0.2) is 4.39 Å². The number of amides is 2. The van der Waals surface area contributed by atoms with E-state index in [9.17, 15) is 14.0 Å². The van der Waals surface area contributed by atoms with Gasteiger partial charge in [-0.2, -0.15) is 0 Å². The molecule has 29 heavy (non-hydrogen) atoms. The van der Waals surface area contributed by atoms with Crippen LogP contribution in [0.4, 0.5) is 15.8 Å². The lowest BCUT2D eigenvalue weighted by Gasteiger charge is -2.26. The molecular weight excluding hydrogens is 407 g/mol. The summed E-state index contributed by atoms with van der Waals surface area (Å²) in [4.78, 5) is 27.5. The van der Waals surface area contributed by atoms with Crippen LogP contribution in [-0.2, 0) is 16.0 Å². The lowest BCUT2D eigenvalue weighted by molar-refractivity contribution is -0.116. The van der Waals surface area contributed by atoms with Gasteiger partial charge in [0.15, 0.2) is 0 Å². The summed E-state index contributed by atoms with van der Waals surface area (Å²) in [6.07, 6.45) is 0.327. The van der Waals surface area contributed by atoms with Crippen LogP contribution >= 0.6 is 23.1 Å². The Balaban J connectivity index is 1.57. The van der Waals surface area contributed by atoms with Crippen molar-refractivity contribution in [2.75, 3.05) is 16.0 Å². The molecule has 1 N–H and O–H groups in total. The highest BCUT2D eigenvalue weighted by atomic mass is 32.2. The normalized spacial score (nSPS) is 16.3. The lowest BCUT2D eigenvalue weighted by Crippen LogP contribution is -2.28. The summed E-state index contributed by atoms with van der Waals surface area (Å²) < 4.78 is 14.1. The second-order valence-electron chi connectivity index (χ2n) is 6.74. The Bertz CT molecular complexity index is 1050. The van der Waals surface area contributed by atoms with Crippen molar-refractivity contribution in [3.05, 3.63) is 81.8 Å². The summed E-state index contributed by atoms with van der Waals surface area (Å²) in [6.45, 7) is 1.68. The third-order valence-electron chi connectivity index (χ3n) is 4.74. The molecule has 1 unspecified atom stereocenters. The molecule has 0 aliphatic carbocycles. The van der Waals surface area contributed by atoms with Crippen molar-refractivity contribution in [3.63, 3.8) is 0 Å². The van der Waals surface area contributed by atoms with Crippen molar-refractivity contribution >= 4 is 46.3 Å². The summed E-state index contributed by atoms with van der Waals surface area (Å²) in [5.41, 5.74) is 2.60. The molecule has 1 saturated heterocycles. The van der Waals surface area contributed by atoms with Crippen molar-refractivity contribution < 1.29 is 14.0 Å². The molecule has 1 aromatic heterocycles. The third kappa shape index (κ3) is 4.21. The second kappa shape index (κ2) is 8.39. The van der Waals surface area contributed by atoms with Gasteiger partial charge in [0.1, 0.15) is 11.2 Å². The van der Waals surface area contributed by atoms with Crippen molar-refractivity contribution in [1.29, 1.82) is 0 Å². The van der Waals surface area contributed by atoms with Crippen molar-refractivity contribution in [3.8, 4) is 0 Å². The first-order valence-electron chi connectivity index (χ1n) is 9.14. The molecule has 148 valence electrons. The van der Waals surface area contributed by atoms with E-state index in [2.05, 4.69) is 5.32 Å². The standard InChI is InChI=1S/C22H19FN2O2S2/c1-14-18(23)8-3-9-19(14)25-21(27)13-29-22(25)15-5-2-6-16(11-15)24-20(26)12-17-7-4-10-28-17/h2-11,22H,12-13H2,1H3,(H,24,26). The highest BCUT2D eigenvalue weighted by molar-refractivity contribution is 8.00. The molecule has 3 aromatic rings. The Labute approximate surface area is 176 Å². The maximum atomic E-state index is 14.1. The average molecular weight is 427 g/mol. The minimum absolute atomic E-state index is 0.0548. The fourth-order valence-electron chi connectivity index (χ4n) is 3.33. The molecule has 2 heterocycles. The molecule has 0 spiro atoms. The molecule has 2 aromatic carbocycles. The van der Waals surface area contributed by atoms with Crippen molar-refractivity contribution in [2.45, 2.75) is 18.7 Å². The summed E-state index contributed by atoms with van der Waals surface area (Å²) in [5.74, 6) is -0.144. The van der Waals surface area contributed by atoms with Crippen LogP contribution in [0.15, 0.2) is 60.0 Å². The Hall–Kier alpha value is -2.64. The number of nitrogens with one attached hydrogen (secondary N) is 1. The lowest BCUT2D eigenvalue weighted by atomic mass is 10.1. The molecule has 0 bridgehead atoms. The number of carbonyl (C=O) groups excluding carboxylic acids is 2. The Morgan fingerprint density at radius 1 is 1.21 bits per heavy atom. The van der Waals surface area contributed by atoms with E-state index in [1.807, 2.05) is 41.8 Å². The van der Waals surface area contributed by atoms with E-state index >= 15 is 0 Å². The number of anilines is 2. The monoisotopic (exact) mass is 426 g/mol. The van der Waals surface area contributed by atoms with Gasteiger partial charge in [-0.1, -0.05) is 24.3 Å². The third-order valence-corrected chi connectivity index (χ3v) is 6.83. The summed E-state index contributed by atoms with van der Waals surface area (Å²) in [7, 11) is 0. The maximum absolute atomic E-state index is 14.1. The number of hydrogen-bond donors (Lipinski definition) is 1. The number of halogens is 1. The van der Waals surface area contributed by atoms with E-state index in [-0.39, 0.29) is 23.0 Å². The van der Waals surface area contributed by atoms with Gasteiger partial charge >= 0.3 is 0 Å². The largest absolute Gasteiger partial charge is 0.326 e. The van der Waals surface area contributed by atoms with E-state index in [1.165, 1.54) is 17.8 Å². The van der Waals surface area contributed by atoms with Crippen LogP contribution < -0.4 is 10.2 Å². The Morgan fingerprint density at radius 2 is 2.03 bits per heavy atom. The Morgan fingerprint density at radius 3 is 2.83 bits per heavy atom. The molecule has 4 nitrogen and oxygen atoms in total. The minimum Gasteiger partial charge on any atom is -0.326 e. The first-order chi connectivity index (χ1) is 14.0. The smallest absolute Gasteiger partial charge is 0.238 e. The fourth-order valence-corrected chi connectivity index (χ4v) is 5.20. The van der Waals surface area contributed by atoms with Gasteiger partial charge in [0.2, 0.25) is 11.8 Å². The predicted octanol–water partition coefficient (Wildman–Crippen LogP) is 5.16. The van der Waals surface area contributed by atoms with Crippen LogP contribution in [-0.4, -0.2) is 17.6 Å². The number of hydrogen-bond acceptors (Lipinski definition) is 4. The number of rotatable bonds is 5. The number of carbonyl (C=O) groups is 2. The van der Waals surface area contributed by atoms with Gasteiger partial charge in [0.25, 0.3) is 0 Å². The molecule has 1 atom stereocenters. The zero-order chi connectivity index (χ0) is 20.4. The Kier molecular flexibility index (Phi) is 5.69. The van der Waals surface area contributed by atoms with Gasteiger partial charge in [-0.15, -0.1) is 23.1 Å². The highest BCUT2D eigenvalue weighted by Gasteiger charge is 2.35.